The van der Waals surface area contributed by atoms with Crippen LogP contribution in [0.1, 0.15) is 334 Å². The Balaban J connectivity index is -0.0000000901. The summed E-state index contributed by atoms with van der Waals surface area (Å²) in [5.41, 5.74) is 1.28. The van der Waals surface area contributed by atoms with Crippen LogP contribution in [0.15, 0.2) is 53.7 Å². The highest BCUT2D eigenvalue weighted by Gasteiger charge is 2.07. The third-order valence-electron chi connectivity index (χ3n) is 11.7. The van der Waals surface area contributed by atoms with Crippen molar-refractivity contribution in [1.82, 2.24) is 4.98 Å². The zero-order valence-electron chi connectivity index (χ0n) is 76.2. The number of rotatable bonds is 38. The number of ketones is 15. The van der Waals surface area contributed by atoms with E-state index < -0.39 is 11.9 Å². The van der Waals surface area contributed by atoms with E-state index in [0.717, 1.165) is 86.7 Å². The van der Waals surface area contributed by atoms with Crippen molar-refractivity contribution in [3.63, 3.8) is 0 Å². The third-order valence-corrected chi connectivity index (χ3v) is 13.3. The maximum Gasteiger partial charge on any atom is 0.313 e. The largest absolute Gasteiger partial charge is 0.493 e. The molecular weight excluding hydrogens is 1520 g/mol. The molecule has 0 N–H and O–H groups in total. The fourth-order valence-electron chi connectivity index (χ4n) is 5.71. The maximum atomic E-state index is 11.7. The number of carbonyl (C=O) groups is 19. The van der Waals surface area contributed by atoms with E-state index in [-0.39, 0.29) is 136 Å². The molecule has 1 heterocycles. The number of thioether (sulfide) groups is 2. The molecule has 1 aromatic carbocycles. The number of hydrogen-bond acceptors (Lipinski definition) is 27. The highest BCUT2D eigenvalue weighted by atomic mass is 32.2. The molecule has 0 saturated carbocycles. The van der Waals surface area contributed by atoms with Crippen LogP contribution in [0.2, 0.25) is 0 Å². The Morgan fingerprint density at radius 3 is 0.870 bits per heavy atom. The molecule has 27 heteroatoms. The van der Waals surface area contributed by atoms with Crippen LogP contribution in [0.5, 0.6) is 5.75 Å². The molecule has 0 spiro atoms. The van der Waals surface area contributed by atoms with Gasteiger partial charge in [-0.2, -0.15) is 0 Å². The number of Topliss-reactive ketones (excluding diaryl/α,β-unsaturated/α-hetero) is 15. The van der Waals surface area contributed by atoms with Gasteiger partial charge in [-0.15, -0.1) is 0 Å². The van der Waals surface area contributed by atoms with E-state index in [1.165, 1.54) is 65.8 Å². The Kier molecular flexibility index (Phi) is 131. The molecule has 0 bridgehead atoms. The van der Waals surface area contributed by atoms with Gasteiger partial charge in [-0.25, -0.2) is 4.98 Å². The first-order valence-electron chi connectivity index (χ1n) is 39.5. The first-order chi connectivity index (χ1) is 53.7. The van der Waals surface area contributed by atoms with Gasteiger partial charge in [0.15, 0.2) is 27.6 Å². The van der Waals surface area contributed by atoms with Crippen LogP contribution >= 0.6 is 23.5 Å². The van der Waals surface area contributed by atoms with Gasteiger partial charge in [0, 0.05) is 116 Å². The molecule has 0 saturated heterocycles. The summed E-state index contributed by atoms with van der Waals surface area (Å²) in [4.78, 5) is 199. The second-order valence-corrected chi connectivity index (χ2v) is 26.4. The number of hydrogen-bond donors (Lipinski definition) is 0. The predicted octanol–water partition coefficient (Wildman–Crippen LogP) is 18.4. The molecule has 0 aliphatic carbocycles. The molecule has 0 unspecified atom stereocenters. The fraction of sp³-hybridized carbons (Fsp3) is 0.659. The molecule has 666 valence electrons. The number of nitrogens with zero attached hydrogens (tertiary/aromatic N) is 1. The van der Waals surface area contributed by atoms with Crippen LogP contribution < -0.4 is 4.74 Å². The number of pyridine rings is 1. The number of carbonyl (C=O) groups excluding carboxylic acids is 19. The van der Waals surface area contributed by atoms with Crippen molar-refractivity contribution in [2.45, 2.75) is 340 Å². The second kappa shape index (κ2) is 110. The van der Waals surface area contributed by atoms with Crippen LogP contribution in [-0.2, 0) is 116 Å². The van der Waals surface area contributed by atoms with Crippen molar-refractivity contribution >= 4 is 132 Å². The Hall–Kier alpha value is -7.72. The number of aryl methyl sites for hydroxylation is 1. The normalized spacial score (nSPS) is 8.84. The molecule has 0 aliphatic rings. The minimum Gasteiger partial charge on any atom is -0.493 e. The minimum atomic E-state index is -0.545. The van der Waals surface area contributed by atoms with E-state index >= 15 is 0 Å². The van der Waals surface area contributed by atoms with Gasteiger partial charge in [0.05, 0.1) is 25.9 Å². The van der Waals surface area contributed by atoms with Gasteiger partial charge in [0.2, 0.25) is 0 Å². The zero-order chi connectivity index (χ0) is 92.5. The number of ether oxygens (including phenoxy) is 5. The van der Waals surface area contributed by atoms with Crippen LogP contribution in [-0.4, -0.2) is 166 Å². The molecule has 115 heavy (non-hydrogen) atoms. The molecule has 0 radical (unpaired) electrons. The molecule has 0 aliphatic heterocycles. The van der Waals surface area contributed by atoms with Crippen molar-refractivity contribution in [3.8, 4) is 5.75 Å². The van der Waals surface area contributed by atoms with Crippen LogP contribution in [0.25, 0.3) is 0 Å². The van der Waals surface area contributed by atoms with Crippen molar-refractivity contribution < 1.29 is 115 Å². The van der Waals surface area contributed by atoms with Gasteiger partial charge in [0.25, 0.3) is 0 Å². The van der Waals surface area contributed by atoms with Gasteiger partial charge in [0.1, 0.15) is 100.0 Å². The molecule has 1 aromatic heterocycles. The quantitative estimate of drug-likeness (QED) is 0.0342. The van der Waals surface area contributed by atoms with Gasteiger partial charge in [-0.1, -0.05) is 113 Å². The smallest absolute Gasteiger partial charge is 0.313 e. The van der Waals surface area contributed by atoms with Crippen molar-refractivity contribution in [2.24, 2.45) is 0 Å². The Morgan fingerprint density at radius 2 is 0.678 bits per heavy atom. The van der Waals surface area contributed by atoms with Crippen LogP contribution in [0, 0.1) is 0 Å². The van der Waals surface area contributed by atoms with E-state index in [4.69, 9.17) is 18.9 Å². The predicted molar refractivity (Wildman–Crippen MR) is 464 cm³/mol. The molecule has 2 aromatic rings. The molecule has 0 atom stereocenters. The lowest BCUT2D eigenvalue weighted by molar-refractivity contribution is -0.158. The first kappa shape index (κ1) is 136. The second-order valence-electron chi connectivity index (χ2n) is 24.5. The number of benzene rings is 1. The summed E-state index contributed by atoms with van der Waals surface area (Å²) in [5, 5.41) is 1.05. The third kappa shape index (κ3) is 179. The topological polar surface area (TPSA) is 383 Å². The minimum absolute atomic E-state index is 0.0255. The van der Waals surface area contributed by atoms with E-state index in [1.807, 2.05) is 126 Å². The van der Waals surface area contributed by atoms with Crippen LogP contribution in [0.4, 0.5) is 0 Å². The Bertz CT molecular complexity index is 2700. The lowest BCUT2D eigenvalue weighted by atomic mass is 10.1. The molecule has 25 nitrogen and oxygen atoms in total. The van der Waals surface area contributed by atoms with Gasteiger partial charge >= 0.3 is 11.9 Å². The maximum absolute atomic E-state index is 11.7. The van der Waals surface area contributed by atoms with Crippen molar-refractivity contribution in [3.05, 3.63) is 54.2 Å². The fourth-order valence-corrected chi connectivity index (χ4v) is 6.68. The highest BCUT2D eigenvalue weighted by Crippen LogP contribution is 2.18. The lowest BCUT2D eigenvalue weighted by Gasteiger charge is -2.06. The molecule has 0 fully saturated rings. The molecular formula is C88H153NO24S2. The summed E-state index contributed by atoms with van der Waals surface area (Å²) in [6, 6.07) is 13.5. The summed E-state index contributed by atoms with van der Waals surface area (Å²) in [7, 11) is 0. The Labute approximate surface area is 701 Å². The summed E-state index contributed by atoms with van der Waals surface area (Å²) in [5.74, 6) is 1.98. The average molecular weight is 1670 g/mol. The Morgan fingerprint density at radius 1 is 0.330 bits per heavy atom. The number of esters is 2. The van der Waals surface area contributed by atoms with Crippen molar-refractivity contribution in [2.75, 3.05) is 52.5 Å². The highest BCUT2D eigenvalue weighted by molar-refractivity contribution is 8.13. The molecule has 0 amide bonds. The summed E-state index contributed by atoms with van der Waals surface area (Å²) in [6.45, 7) is 51.2. The SMILES string of the molecule is CCC(=O)CC(C)=O.CCC(=O)CCC(C)=O.CCC(=O)OC(C)=O.CCC(=O)SC.CCC(C)=O.CCC(C)=O.CCCC(=O)CC(C)=O.CCCC(C)=O.CCCC(C)=O.CCCC(C)=O.CCCC(C)=O.CCOCC(C)=O.CCOCC(C)=O.CCOCC(C)=O.CCc1ccc(OCCC(=O)Sc2ccccn2)cc1. The van der Waals surface area contributed by atoms with E-state index in [2.05, 4.69) is 16.6 Å². The lowest BCUT2D eigenvalue weighted by Crippen LogP contribution is -2.06. The van der Waals surface area contributed by atoms with E-state index in [1.54, 1.807) is 67.8 Å². The standard InChI is InChI=1S/C16H17NO2S.2C7H12O2.C6H10O2.C5H8O3.3C5H10O2.4C5H10O.C4H8OS.2C4H8O/c1-2-13-6-8-14(9-7-13)19-12-10-16(18)20-15-5-3-4-11-17-15;1-3-7(9)5-4-6(2)8;1-3-4-7(9)5-6(2)8;1-3-6(8)4-5(2)7;1-3-5(7)8-4(2)6;3*1-3-7-4-5(2)6;4*1-3-4-5(2)6;1-3-4(5)6-2;2*1-3-4(2)5/h3-9,11H,2,10,12H2,1H3;2*3-5H2,1-2H3;3-4H2,1-2H3;3H2,1-2H3;3*3-4H2,1-2H3;4*3-4H2,1-2H3;3H2,1-2H3;2*3H2,1-2H3. The first-order valence-corrected chi connectivity index (χ1v) is 41.5. The monoisotopic (exact) mass is 1670 g/mol. The van der Waals surface area contributed by atoms with Crippen molar-refractivity contribution in [1.29, 1.82) is 0 Å². The number of aromatic nitrogens is 1. The van der Waals surface area contributed by atoms with E-state index in [0.29, 0.717) is 84.2 Å². The molecule has 2 rings (SSSR count). The van der Waals surface area contributed by atoms with Gasteiger partial charge in [-0.05, 0) is 190 Å². The summed E-state index contributed by atoms with van der Waals surface area (Å²) < 4.78 is 23.9. The summed E-state index contributed by atoms with van der Waals surface area (Å²) >= 11 is 2.44. The average Bonchev–Trinajstić information content (AvgIpc) is 0.919. The zero-order valence-corrected chi connectivity index (χ0v) is 77.8. The van der Waals surface area contributed by atoms with Crippen LogP contribution in [0.3, 0.4) is 0 Å². The van der Waals surface area contributed by atoms with Gasteiger partial charge in [-0.3, -0.25) is 57.5 Å². The van der Waals surface area contributed by atoms with E-state index in [9.17, 15) is 91.1 Å². The van der Waals surface area contributed by atoms with Gasteiger partial charge < -0.3 is 57.2 Å². The summed E-state index contributed by atoms with van der Waals surface area (Å²) in [6.07, 6.45) is 17.4.